The second-order valence-corrected chi connectivity index (χ2v) is 8.70. The second-order valence-electron chi connectivity index (χ2n) is 8.30. The first-order chi connectivity index (χ1) is 16.0. The van der Waals surface area contributed by atoms with Crippen LogP contribution < -0.4 is 9.80 Å². The molecule has 0 aliphatic carbocycles. The Kier molecular flexibility index (Phi) is 5.65. The van der Waals surface area contributed by atoms with Gasteiger partial charge in [0.25, 0.3) is 11.8 Å². The molecule has 1 fully saturated rings. The lowest BCUT2D eigenvalue weighted by atomic mass is 10.0. The van der Waals surface area contributed by atoms with Crippen LogP contribution in [0.2, 0.25) is 5.02 Å². The van der Waals surface area contributed by atoms with Crippen LogP contribution in [0.4, 0.5) is 11.4 Å². The molecule has 2 heterocycles. The molecule has 2 aliphatic rings. The molecule has 0 atom stereocenters. The van der Waals surface area contributed by atoms with Crippen molar-refractivity contribution in [3.8, 4) is 0 Å². The quantitative estimate of drug-likeness (QED) is 0.530. The molecule has 0 bridgehead atoms. The molecule has 0 unspecified atom stereocenters. The first-order valence-corrected chi connectivity index (χ1v) is 11.4. The predicted octanol–water partition coefficient (Wildman–Crippen LogP) is 4.76. The lowest BCUT2D eigenvalue weighted by molar-refractivity contribution is -0.120. The highest BCUT2D eigenvalue weighted by Crippen LogP contribution is 2.38. The van der Waals surface area contributed by atoms with Gasteiger partial charge in [-0.1, -0.05) is 71.8 Å². The summed E-state index contributed by atoms with van der Waals surface area (Å²) in [5.41, 5.74) is 4.31. The molecule has 0 aromatic heterocycles. The topological polar surface area (TPSA) is 43.9 Å². The van der Waals surface area contributed by atoms with Gasteiger partial charge in [0.05, 0.1) is 16.3 Å². The second kappa shape index (κ2) is 8.75. The van der Waals surface area contributed by atoms with Crippen molar-refractivity contribution in [1.82, 2.24) is 4.90 Å². The number of halogens is 1. The molecule has 33 heavy (non-hydrogen) atoms. The molecule has 0 saturated carbocycles. The summed E-state index contributed by atoms with van der Waals surface area (Å²) in [5, 5.41) is 0.373. The number of amides is 2. The maximum absolute atomic E-state index is 13.7. The molecule has 6 heteroatoms. The Morgan fingerprint density at radius 1 is 0.697 bits per heavy atom. The van der Waals surface area contributed by atoms with Gasteiger partial charge in [-0.25, -0.2) is 4.90 Å². The molecule has 0 radical (unpaired) electrons. The predicted molar refractivity (Wildman–Crippen MR) is 132 cm³/mol. The fourth-order valence-electron chi connectivity index (χ4n) is 4.47. The maximum atomic E-state index is 13.7. The van der Waals surface area contributed by atoms with Crippen LogP contribution in [0.15, 0.2) is 84.6 Å². The fourth-order valence-corrected chi connectivity index (χ4v) is 4.69. The zero-order valence-electron chi connectivity index (χ0n) is 18.4. The molecule has 0 spiro atoms. The van der Waals surface area contributed by atoms with Gasteiger partial charge < -0.3 is 9.80 Å². The summed E-state index contributed by atoms with van der Waals surface area (Å²) in [5.74, 6) is -0.658. The van der Waals surface area contributed by atoms with E-state index in [9.17, 15) is 9.59 Å². The minimum absolute atomic E-state index is 0.322. The van der Waals surface area contributed by atoms with E-state index in [0.29, 0.717) is 35.1 Å². The van der Waals surface area contributed by atoms with Gasteiger partial charge in [0.1, 0.15) is 5.70 Å². The fraction of sp³-hybridized carbons (Fsp3) is 0.185. The first-order valence-electron chi connectivity index (χ1n) is 11.0. The van der Waals surface area contributed by atoms with E-state index < -0.39 is 0 Å². The Balaban J connectivity index is 1.52. The van der Waals surface area contributed by atoms with Crippen molar-refractivity contribution in [2.45, 2.75) is 6.92 Å². The van der Waals surface area contributed by atoms with Crippen LogP contribution in [0, 0.1) is 6.92 Å². The lowest BCUT2D eigenvalue weighted by Gasteiger charge is -2.37. The summed E-state index contributed by atoms with van der Waals surface area (Å²) in [7, 11) is 0. The summed E-state index contributed by atoms with van der Waals surface area (Å²) in [6, 6.07) is 25.0. The monoisotopic (exact) mass is 457 g/mol. The molecular weight excluding hydrogens is 434 g/mol. The van der Waals surface area contributed by atoms with Crippen molar-refractivity contribution < 1.29 is 9.59 Å². The van der Waals surface area contributed by atoms with E-state index in [1.165, 1.54) is 4.90 Å². The molecular formula is C27H24ClN3O2. The molecule has 3 aromatic rings. The highest BCUT2D eigenvalue weighted by Gasteiger charge is 2.43. The number of hydrogen-bond acceptors (Lipinski definition) is 4. The molecule has 5 rings (SSSR count). The highest BCUT2D eigenvalue weighted by molar-refractivity contribution is 6.47. The number of carbonyl (C=O) groups excluding carboxylic acids is 2. The zero-order valence-corrected chi connectivity index (χ0v) is 19.1. The van der Waals surface area contributed by atoms with E-state index in [4.69, 9.17) is 11.6 Å². The minimum atomic E-state index is -0.336. The van der Waals surface area contributed by atoms with Crippen LogP contribution in [0.3, 0.4) is 0 Å². The normalized spacial score (nSPS) is 16.7. The average molecular weight is 458 g/mol. The minimum Gasteiger partial charge on any atom is -0.368 e. The van der Waals surface area contributed by atoms with Gasteiger partial charge in [-0.05, 0) is 36.8 Å². The number of hydrogen-bond donors (Lipinski definition) is 0. The Morgan fingerprint density at radius 3 is 1.97 bits per heavy atom. The van der Waals surface area contributed by atoms with Gasteiger partial charge in [0.2, 0.25) is 0 Å². The Bertz CT molecular complexity index is 1230. The van der Waals surface area contributed by atoms with Gasteiger partial charge in [0.15, 0.2) is 0 Å². The van der Waals surface area contributed by atoms with Crippen molar-refractivity contribution in [1.29, 1.82) is 0 Å². The Morgan fingerprint density at radius 2 is 1.30 bits per heavy atom. The number of rotatable bonds is 4. The third kappa shape index (κ3) is 3.89. The molecule has 5 nitrogen and oxygen atoms in total. The van der Waals surface area contributed by atoms with Crippen LogP contribution in [0.5, 0.6) is 0 Å². The van der Waals surface area contributed by atoms with E-state index in [1.54, 1.807) is 24.3 Å². The average Bonchev–Trinajstić information content (AvgIpc) is 3.10. The van der Waals surface area contributed by atoms with Crippen molar-refractivity contribution in [2.75, 3.05) is 36.0 Å². The Labute approximate surface area is 198 Å². The molecule has 166 valence electrons. The van der Waals surface area contributed by atoms with Gasteiger partial charge in [-0.15, -0.1) is 0 Å². The van der Waals surface area contributed by atoms with E-state index in [0.717, 1.165) is 29.9 Å². The third-order valence-corrected chi connectivity index (χ3v) is 6.53. The summed E-state index contributed by atoms with van der Waals surface area (Å²) in [4.78, 5) is 32.9. The van der Waals surface area contributed by atoms with Crippen molar-refractivity contribution in [3.05, 3.63) is 101 Å². The standard InChI is InChI=1S/C27H24ClN3O2/c1-19-11-13-20(14-12-19)24-25(27(33)31(26(24)32)23-10-6-5-9-22(23)28)30-17-15-29(16-18-30)21-7-3-2-4-8-21/h2-14H,15-18H2,1H3. The molecule has 2 aliphatic heterocycles. The molecule has 0 N–H and O–H groups in total. The van der Waals surface area contributed by atoms with E-state index >= 15 is 0 Å². The van der Waals surface area contributed by atoms with Crippen LogP contribution in [-0.4, -0.2) is 42.9 Å². The zero-order chi connectivity index (χ0) is 22.9. The number of piperazine rings is 1. The molecule has 2 amide bonds. The number of carbonyl (C=O) groups is 2. The van der Waals surface area contributed by atoms with E-state index in [1.807, 2.05) is 54.3 Å². The van der Waals surface area contributed by atoms with Crippen LogP contribution in [0.1, 0.15) is 11.1 Å². The number of nitrogens with zero attached hydrogens (tertiary/aromatic N) is 3. The number of benzene rings is 3. The SMILES string of the molecule is Cc1ccc(C2=C(N3CCN(c4ccccc4)CC3)C(=O)N(c3ccccc3Cl)C2=O)cc1. The Hall–Kier alpha value is -3.57. The van der Waals surface area contributed by atoms with Crippen molar-refractivity contribution in [3.63, 3.8) is 0 Å². The van der Waals surface area contributed by atoms with Crippen molar-refractivity contribution in [2.24, 2.45) is 0 Å². The third-order valence-electron chi connectivity index (χ3n) is 6.21. The number of aryl methyl sites for hydroxylation is 1. The number of imide groups is 1. The van der Waals surface area contributed by atoms with Crippen molar-refractivity contribution >= 4 is 40.4 Å². The lowest BCUT2D eigenvalue weighted by Crippen LogP contribution is -2.47. The summed E-state index contributed by atoms with van der Waals surface area (Å²) < 4.78 is 0. The maximum Gasteiger partial charge on any atom is 0.282 e. The van der Waals surface area contributed by atoms with Gasteiger partial charge in [0, 0.05) is 31.9 Å². The molecule has 3 aromatic carbocycles. The van der Waals surface area contributed by atoms with E-state index in [2.05, 4.69) is 17.0 Å². The summed E-state index contributed by atoms with van der Waals surface area (Å²) in [6.07, 6.45) is 0. The highest BCUT2D eigenvalue weighted by atomic mass is 35.5. The van der Waals surface area contributed by atoms with E-state index in [-0.39, 0.29) is 11.8 Å². The van der Waals surface area contributed by atoms with Crippen LogP contribution in [0.25, 0.3) is 5.57 Å². The number of anilines is 2. The summed E-state index contributed by atoms with van der Waals surface area (Å²) >= 11 is 6.38. The first kappa shape index (κ1) is 21.3. The summed E-state index contributed by atoms with van der Waals surface area (Å²) in [6.45, 7) is 4.83. The largest absolute Gasteiger partial charge is 0.368 e. The van der Waals surface area contributed by atoms with Crippen LogP contribution >= 0.6 is 11.6 Å². The van der Waals surface area contributed by atoms with Crippen LogP contribution in [-0.2, 0) is 9.59 Å². The van der Waals surface area contributed by atoms with Gasteiger partial charge in [-0.2, -0.15) is 0 Å². The van der Waals surface area contributed by atoms with Gasteiger partial charge in [-0.3, -0.25) is 9.59 Å². The smallest absolute Gasteiger partial charge is 0.282 e. The molecule has 1 saturated heterocycles. The van der Waals surface area contributed by atoms with Gasteiger partial charge >= 0.3 is 0 Å². The number of para-hydroxylation sites is 2.